The predicted octanol–water partition coefficient (Wildman–Crippen LogP) is 6.18. The molecule has 0 rings (SSSR count). The number of ether oxygens (including phenoxy) is 2. The van der Waals surface area contributed by atoms with E-state index in [0.717, 1.165) is 52.1 Å². The Kier molecular flexibility index (Phi) is 18.3. The normalized spacial score (nSPS) is 14.2. The Bertz CT molecular complexity index is 189. The zero-order chi connectivity index (χ0) is 16.5. The maximum absolute atomic E-state index is 5.90. The van der Waals surface area contributed by atoms with Crippen molar-refractivity contribution in [2.24, 2.45) is 0 Å². The van der Waals surface area contributed by atoms with Gasteiger partial charge in [-0.2, -0.15) is 0 Å². The topological polar surface area (TPSA) is 18.5 Å². The van der Waals surface area contributed by atoms with Crippen LogP contribution < -0.4 is 0 Å². The van der Waals surface area contributed by atoms with Crippen molar-refractivity contribution in [3.63, 3.8) is 0 Å². The third-order valence-electron chi connectivity index (χ3n) is 3.65. The summed E-state index contributed by atoms with van der Waals surface area (Å²) in [4.78, 5) is 0. The number of halogens is 2. The highest BCUT2D eigenvalue weighted by atomic mass is 35.5. The van der Waals surface area contributed by atoms with Crippen molar-refractivity contribution in [3.8, 4) is 0 Å². The molecule has 0 aliphatic carbocycles. The first-order valence-corrected chi connectivity index (χ1v) is 9.94. The van der Waals surface area contributed by atoms with Crippen molar-refractivity contribution in [1.29, 1.82) is 0 Å². The molecule has 0 aromatic heterocycles. The van der Waals surface area contributed by atoms with Crippen molar-refractivity contribution >= 4 is 23.2 Å². The van der Waals surface area contributed by atoms with Gasteiger partial charge in [0.25, 0.3) is 0 Å². The van der Waals surface area contributed by atoms with Gasteiger partial charge in [0.05, 0.1) is 13.2 Å². The maximum Gasteiger partial charge on any atom is 0.0700 e. The van der Waals surface area contributed by atoms with Gasteiger partial charge < -0.3 is 9.47 Å². The third-order valence-corrected chi connectivity index (χ3v) is 4.09. The van der Waals surface area contributed by atoms with Gasteiger partial charge in [-0.3, -0.25) is 0 Å². The minimum atomic E-state index is 0.317. The quantitative estimate of drug-likeness (QED) is 0.229. The summed E-state index contributed by atoms with van der Waals surface area (Å²) in [6, 6.07) is 0. The molecule has 4 heteroatoms. The first-order chi connectivity index (χ1) is 10.6. The molecule has 0 aromatic rings. The first kappa shape index (κ1) is 22.5. The van der Waals surface area contributed by atoms with E-state index in [9.17, 15) is 0 Å². The molecular weight excluding hydrogens is 319 g/mol. The van der Waals surface area contributed by atoms with E-state index >= 15 is 0 Å². The van der Waals surface area contributed by atoms with Crippen LogP contribution in [0.15, 0.2) is 0 Å². The van der Waals surface area contributed by atoms with Crippen LogP contribution in [0.25, 0.3) is 0 Å². The molecule has 0 radical (unpaired) electrons. The summed E-state index contributed by atoms with van der Waals surface area (Å²) in [7, 11) is 0. The highest BCUT2D eigenvalue weighted by molar-refractivity contribution is 6.20. The molecule has 2 unspecified atom stereocenters. The van der Waals surface area contributed by atoms with Crippen LogP contribution in [0.2, 0.25) is 0 Å². The average molecular weight is 355 g/mol. The van der Waals surface area contributed by atoms with E-state index in [1.54, 1.807) is 0 Å². The van der Waals surface area contributed by atoms with Gasteiger partial charge in [-0.15, -0.1) is 23.2 Å². The summed E-state index contributed by atoms with van der Waals surface area (Å²) in [5.41, 5.74) is 0. The third kappa shape index (κ3) is 20.5. The predicted molar refractivity (Wildman–Crippen MR) is 98.4 cm³/mol. The number of unbranched alkanes of at least 4 members (excludes halogenated alkanes) is 6. The van der Waals surface area contributed by atoms with Crippen molar-refractivity contribution in [2.45, 2.75) is 88.8 Å². The SMILES string of the molecule is CC(Cl)CCCCCCOCCOCCCCCCC(C)Cl. The van der Waals surface area contributed by atoms with E-state index in [4.69, 9.17) is 32.7 Å². The lowest BCUT2D eigenvalue weighted by Gasteiger charge is -2.07. The molecular formula is C18H36Cl2O2. The molecule has 134 valence electrons. The highest BCUT2D eigenvalue weighted by Crippen LogP contribution is 2.10. The lowest BCUT2D eigenvalue weighted by Crippen LogP contribution is -2.06. The molecule has 0 aromatic carbocycles. The van der Waals surface area contributed by atoms with E-state index in [-0.39, 0.29) is 0 Å². The van der Waals surface area contributed by atoms with E-state index < -0.39 is 0 Å². The van der Waals surface area contributed by atoms with Gasteiger partial charge in [0.1, 0.15) is 0 Å². The molecule has 0 aliphatic heterocycles. The summed E-state index contributed by atoms with van der Waals surface area (Å²) in [5, 5.41) is 0.634. The van der Waals surface area contributed by atoms with Crippen LogP contribution >= 0.6 is 23.2 Å². The lowest BCUT2D eigenvalue weighted by molar-refractivity contribution is 0.0448. The van der Waals surface area contributed by atoms with Gasteiger partial charge in [0, 0.05) is 24.0 Å². The molecule has 0 N–H and O–H groups in total. The van der Waals surface area contributed by atoms with E-state index in [1.807, 2.05) is 0 Å². The number of alkyl halides is 2. The van der Waals surface area contributed by atoms with Gasteiger partial charge in [0.15, 0.2) is 0 Å². The van der Waals surface area contributed by atoms with Crippen LogP contribution in [-0.4, -0.2) is 37.2 Å². The van der Waals surface area contributed by atoms with Gasteiger partial charge in [-0.25, -0.2) is 0 Å². The van der Waals surface area contributed by atoms with Crippen molar-refractivity contribution in [3.05, 3.63) is 0 Å². The van der Waals surface area contributed by atoms with Crippen LogP contribution in [-0.2, 0) is 9.47 Å². The molecule has 0 fully saturated rings. The fraction of sp³-hybridized carbons (Fsp3) is 1.00. The fourth-order valence-corrected chi connectivity index (χ4v) is 2.60. The molecule has 0 bridgehead atoms. The zero-order valence-corrected chi connectivity index (χ0v) is 16.1. The molecule has 0 spiro atoms. The summed E-state index contributed by atoms with van der Waals surface area (Å²) >= 11 is 11.8. The summed E-state index contributed by atoms with van der Waals surface area (Å²) < 4.78 is 11.1. The molecule has 22 heavy (non-hydrogen) atoms. The van der Waals surface area contributed by atoms with Crippen molar-refractivity contribution in [1.82, 2.24) is 0 Å². The van der Waals surface area contributed by atoms with E-state index in [2.05, 4.69) is 13.8 Å². The Hall–Kier alpha value is 0.500. The smallest absolute Gasteiger partial charge is 0.0700 e. The number of hydrogen-bond donors (Lipinski definition) is 0. The first-order valence-electron chi connectivity index (χ1n) is 9.06. The van der Waals surface area contributed by atoms with Crippen molar-refractivity contribution in [2.75, 3.05) is 26.4 Å². The van der Waals surface area contributed by atoms with E-state index in [0.29, 0.717) is 10.8 Å². The Morgan fingerprint density at radius 2 is 0.909 bits per heavy atom. The summed E-state index contributed by atoms with van der Waals surface area (Å²) in [6.07, 6.45) is 12.0. The largest absolute Gasteiger partial charge is 0.379 e. The Labute approximate surface area is 148 Å². The van der Waals surface area contributed by atoms with Crippen LogP contribution in [0.5, 0.6) is 0 Å². The second-order valence-electron chi connectivity index (χ2n) is 6.19. The Balaban J connectivity index is 2.97. The molecule has 0 saturated heterocycles. The standard InChI is InChI=1S/C18H36Cl2O2/c1-17(19)11-7-3-5-9-13-21-15-16-22-14-10-6-4-8-12-18(2)20/h17-18H,3-16H2,1-2H3. The van der Waals surface area contributed by atoms with E-state index in [1.165, 1.54) is 38.5 Å². The van der Waals surface area contributed by atoms with Crippen molar-refractivity contribution < 1.29 is 9.47 Å². The van der Waals surface area contributed by atoms with Crippen LogP contribution in [0.3, 0.4) is 0 Å². The second kappa shape index (κ2) is 17.8. The van der Waals surface area contributed by atoms with Gasteiger partial charge in [-0.05, 0) is 39.5 Å². The minimum absolute atomic E-state index is 0.317. The van der Waals surface area contributed by atoms with Gasteiger partial charge >= 0.3 is 0 Å². The molecule has 2 nitrogen and oxygen atoms in total. The fourth-order valence-electron chi connectivity index (χ4n) is 2.29. The van der Waals surface area contributed by atoms with Gasteiger partial charge in [0.2, 0.25) is 0 Å². The zero-order valence-electron chi connectivity index (χ0n) is 14.6. The molecule has 0 heterocycles. The molecule has 0 aliphatic rings. The number of hydrogen-bond acceptors (Lipinski definition) is 2. The minimum Gasteiger partial charge on any atom is -0.379 e. The monoisotopic (exact) mass is 354 g/mol. The Morgan fingerprint density at radius 3 is 1.27 bits per heavy atom. The average Bonchev–Trinajstić information content (AvgIpc) is 2.46. The van der Waals surface area contributed by atoms with Crippen LogP contribution in [0.4, 0.5) is 0 Å². The second-order valence-corrected chi connectivity index (χ2v) is 7.68. The number of rotatable bonds is 17. The Morgan fingerprint density at radius 1 is 0.545 bits per heavy atom. The lowest BCUT2D eigenvalue weighted by atomic mass is 10.1. The van der Waals surface area contributed by atoms with Crippen LogP contribution in [0.1, 0.15) is 78.1 Å². The van der Waals surface area contributed by atoms with Gasteiger partial charge in [-0.1, -0.05) is 38.5 Å². The molecule has 0 saturated carbocycles. The molecule has 2 atom stereocenters. The van der Waals surface area contributed by atoms with Crippen LogP contribution in [0, 0.1) is 0 Å². The summed E-state index contributed by atoms with van der Waals surface area (Å²) in [5.74, 6) is 0. The maximum atomic E-state index is 5.90. The summed E-state index contributed by atoms with van der Waals surface area (Å²) in [6.45, 7) is 7.29. The molecule has 0 amide bonds. The highest BCUT2D eigenvalue weighted by Gasteiger charge is 1.97.